The van der Waals surface area contributed by atoms with Gasteiger partial charge in [0.15, 0.2) is 0 Å². The molecule has 3 aromatic rings. The number of ether oxygens (including phenoxy) is 2. The maximum atomic E-state index is 6.12. The number of aromatic nitrogens is 2. The molecule has 0 bridgehead atoms. The van der Waals surface area contributed by atoms with Crippen molar-refractivity contribution in [2.75, 3.05) is 45.7 Å². The molecule has 2 aromatic carbocycles. The number of hydrogen-bond donors (Lipinski definition) is 3. The second kappa shape index (κ2) is 10.6. The Hall–Kier alpha value is -3.20. The molecule has 174 valence electrons. The van der Waals surface area contributed by atoms with Gasteiger partial charge in [-0.1, -0.05) is 0 Å². The fourth-order valence-corrected chi connectivity index (χ4v) is 4.13. The molecular weight excluding hydrogens is 416 g/mol. The predicted molar refractivity (Wildman–Crippen MR) is 132 cm³/mol. The summed E-state index contributed by atoms with van der Waals surface area (Å²) in [6, 6.07) is 18.0. The summed E-state index contributed by atoms with van der Waals surface area (Å²) < 4.78 is 10.6. The highest BCUT2D eigenvalue weighted by Gasteiger charge is 2.22. The van der Waals surface area contributed by atoms with Crippen molar-refractivity contribution in [2.24, 2.45) is 11.5 Å². The van der Waals surface area contributed by atoms with Crippen LogP contribution in [0.1, 0.15) is 6.42 Å². The zero-order chi connectivity index (χ0) is 23.2. The van der Waals surface area contributed by atoms with Gasteiger partial charge in [0.2, 0.25) is 5.95 Å². The summed E-state index contributed by atoms with van der Waals surface area (Å²) in [6.45, 7) is 3.25. The van der Waals surface area contributed by atoms with Crippen LogP contribution < -0.4 is 26.3 Å². The smallest absolute Gasteiger partial charge is 0.223 e. The lowest BCUT2D eigenvalue weighted by atomic mass is 10.0. The lowest BCUT2D eigenvalue weighted by Crippen LogP contribution is -2.53. The Bertz CT molecular complexity index is 966. The van der Waals surface area contributed by atoms with Gasteiger partial charge in [0.25, 0.3) is 0 Å². The molecule has 0 unspecified atom stereocenters. The van der Waals surface area contributed by atoms with Crippen molar-refractivity contribution >= 4 is 5.95 Å². The van der Waals surface area contributed by atoms with Crippen LogP contribution in [-0.2, 0) is 0 Å². The van der Waals surface area contributed by atoms with Gasteiger partial charge in [-0.2, -0.15) is 0 Å². The number of hydrogen-bond acceptors (Lipinski definition) is 8. The first-order valence-electron chi connectivity index (χ1n) is 11.2. The molecule has 8 nitrogen and oxygen atoms in total. The Balaban J connectivity index is 1.56. The minimum atomic E-state index is 0.130. The zero-order valence-corrected chi connectivity index (χ0v) is 19.2. The third kappa shape index (κ3) is 5.98. The van der Waals surface area contributed by atoms with Crippen LogP contribution >= 0.6 is 0 Å². The molecular formula is C25H32N6O2. The number of likely N-dealkylation sites (tertiary alicyclic amines) is 1. The molecule has 0 saturated carbocycles. The van der Waals surface area contributed by atoms with Crippen molar-refractivity contribution in [1.82, 2.24) is 14.9 Å². The van der Waals surface area contributed by atoms with E-state index >= 15 is 0 Å². The van der Waals surface area contributed by atoms with Gasteiger partial charge >= 0.3 is 0 Å². The SMILES string of the molecule is COc1ccc(-c2cc(-c3ccc(OC)cc3)nc(NCCN3C[C@H](N)C[C@H](N)C3)n2)cc1. The summed E-state index contributed by atoms with van der Waals surface area (Å²) in [4.78, 5) is 11.8. The monoisotopic (exact) mass is 448 g/mol. The van der Waals surface area contributed by atoms with E-state index in [0.29, 0.717) is 12.5 Å². The number of piperidine rings is 1. The van der Waals surface area contributed by atoms with Crippen LogP contribution in [0.5, 0.6) is 11.5 Å². The molecule has 0 radical (unpaired) electrons. The molecule has 1 aliphatic rings. The largest absolute Gasteiger partial charge is 0.497 e. The second-order valence-electron chi connectivity index (χ2n) is 8.36. The Morgan fingerprint density at radius 2 is 1.33 bits per heavy atom. The van der Waals surface area contributed by atoms with Gasteiger partial charge in [-0.25, -0.2) is 9.97 Å². The first-order valence-corrected chi connectivity index (χ1v) is 11.2. The number of rotatable bonds is 8. The lowest BCUT2D eigenvalue weighted by Gasteiger charge is -2.34. The topological polar surface area (TPSA) is 112 Å². The average Bonchev–Trinajstić information content (AvgIpc) is 2.83. The summed E-state index contributed by atoms with van der Waals surface area (Å²) >= 11 is 0. The van der Waals surface area contributed by atoms with Crippen LogP contribution in [0.2, 0.25) is 0 Å². The molecule has 0 spiro atoms. The highest BCUT2D eigenvalue weighted by Crippen LogP contribution is 2.27. The molecule has 2 heterocycles. The normalized spacial score (nSPS) is 18.7. The second-order valence-corrected chi connectivity index (χ2v) is 8.36. The summed E-state index contributed by atoms with van der Waals surface area (Å²) in [5, 5.41) is 3.39. The molecule has 33 heavy (non-hydrogen) atoms. The van der Waals surface area contributed by atoms with E-state index in [1.54, 1.807) is 14.2 Å². The highest BCUT2D eigenvalue weighted by molar-refractivity contribution is 5.70. The Labute approximate surface area is 194 Å². The molecule has 1 aromatic heterocycles. The minimum Gasteiger partial charge on any atom is -0.497 e. The summed E-state index contributed by atoms with van der Waals surface area (Å²) in [5.41, 5.74) is 15.9. The zero-order valence-electron chi connectivity index (χ0n) is 19.2. The van der Waals surface area contributed by atoms with Crippen molar-refractivity contribution in [3.8, 4) is 34.0 Å². The Kier molecular flexibility index (Phi) is 7.39. The maximum Gasteiger partial charge on any atom is 0.223 e. The number of benzene rings is 2. The fraction of sp³-hybridized carbons (Fsp3) is 0.360. The summed E-state index contributed by atoms with van der Waals surface area (Å²) in [6.07, 6.45) is 0.877. The van der Waals surface area contributed by atoms with Crippen molar-refractivity contribution in [3.63, 3.8) is 0 Å². The van der Waals surface area contributed by atoms with Gasteiger partial charge in [0.1, 0.15) is 11.5 Å². The Morgan fingerprint density at radius 3 is 1.79 bits per heavy atom. The number of methoxy groups -OCH3 is 2. The molecule has 8 heteroatoms. The predicted octanol–water partition coefficient (Wildman–Crippen LogP) is 2.60. The van der Waals surface area contributed by atoms with E-state index < -0.39 is 0 Å². The van der Waals surface area contributed by atoms with Crippen LogP contribution in [0.3, 0.4) is 0 Å². The van der Waals surface area contributed by atoms with Crippen molar-refractivity contribution < 1.29 is 9.47 Å². The van der Waals surface area contributed by atoms with Crippen LogP contribution in [0.15, 0.2) is 54.6 Å². The standard InChI is InChI=1S/C25H32N6O2/c1-32-21-7-3-17(4-8-21)23-14-24(18-5-9-22(33-2)10-6-18)30-25(29-23)28-11-12-31-15-19(26)13-20(27)16-31/h3-10,14,19-20H,11-13,15-16,26-27H2,1-2H3,(H,28,29,30)/t19-,20+. The van der Waals surface area contributed by atoms with Gasteiger partial charge in [0, 0.05) is 49.4 Å². The quantitative estimate of drug-likeness (QED) is 0.482. The average molecular weight is 449 g/mol. The van der Waals surface area contributed by atoms with Crippen LogP contribution in [0.4, 0.5) is 5.95 Å². The molecule has 4 rings (SSSR count). The molecule has 0 aliphatic carbocycles. The van der Waals surface area contributed by atoms with Gasteiger partial charge in [-0.15, -0.1) is 0 Å². The van der Waals surface area contributed by atoms with E-state index in [1.165, 1.54) is 0 Å². The van der Waals surface area contributed by atoms with E-state index in [4.69, 9.17) is 30.9 Å². The Morgan fingerprint density at radius 1 is 0.848 bits per heavy atom. The van der Waals surface area contributed by atoms with E-state index in [-0.39, 0.29) is 12.1 Å². The van der Waals surface area contributed by atoms with Crippen molar-refractivity contribution in [2.45, 2.75) is 18.5 Å². The van der Waals surface area contributed by atoms with E-state index in [2.05, 4.69) is 10.2 Å². The molecule has 2 atom stereocenters. The number of nitrogens with two attached hydrogens (primary N) is 2. The maximum absolute atomic E-state index is 6.12. The lowest BCUT2D eigenvalue weighted by molar-refractivity contribution is 0.196. The van der Waals surface area contributed by atoms with E-state index in [9.17, 15) is 0 Å². The summed E-state index contributed by atoms with van der Waals surface area (Å²) in [5.74, 6) is 2.19. The third-order valence-electron chi connectivity index (χ3n) is 5.80. The van der Waals surface area contributed by atoms with Crippen LogP contribution in [0, 0.1) is 0 Å². The fourth-order valence-electron chi connectivity index (χ4n) is 4.13. The number of nitrogens with one attached hydrogen (secondary N) is 1. The first-order chi connectivity index (χ1) is 16.0. The summed E-state index contributed by atoms with van der Waals surface area (Å²) in [7, 11) is 3.32. The van der Waals surface area contributed by atoms with Gasteiger partial charge < -0.3 is 26.3 Å². The molecule has 5 N–H and O–H groups in total. The van der Waals surface area contributed by atoms with Gasteiger partial charge in [-0.3, -0.25) is 4.90 Å². The van der Waals surface area contributed by atoms with Crippen LogP contribution in [0.25, 0.3) is 22.5 Å². The number of anilines is 1. The van der Waals surface area contributed by atoms with Gasteiger partial charge in [-0.05, 0) is 61.0 Å². The molecule has 1 saturated heterocycles. The van der Waals surface area contributed by atoms with Crippen LogP contribution in [-0.4, -0.2) is 67.4 Å². The third-order valence-corrected chi connectivity index (χ3v) is 5.80. The first kappa shape index (κ1) is 23.0. The van der Waals surface area contributed by atoms with E-state index in [1.807, 2.05) is 54.6 Å². The highest BCUT2D eigenvalue weighted by atomic mass is 16.5. The number of nitrogens with zero attached hydrogens (tertiary/aromatic N) is 3. The van der Waals surface area contributed by atoms with E-state index in [0.717, 1.165) is 60.1 Å². The molecule has 1 aliphatic heterocycles. The van der Waals surface area contributed by atoms with Crippen molar-refractivity contribution in [3.05, 3.63) is 54.6 Å². The minimum absolute atomic E-state index is 0.130. The van der Waals surface area contributed by atoms with Crippen molar-refractivity contribution in [1.29, 1.82) is 0 Å². The van der Waals surface area contributed by atoms with Gasteiger partial charge in [0.05, 0.1) is 25.6 Å². The molecule has 1 fully saturated rings. The molecule has 0 amide bonds.